The number of ketones is 1. The number of nitrogens with zero attached hydrogens (tertiary/aromatic N) is 2. The third-order valence-corrected chi connectivity index (χ3v) is 3.87. The van der Waals surface area contributed by atoms with Gasteiger partial charge >= 0.3 is 17.8 Å². The molecule has 1 aliphatic heterocycles. The van der Waals surface area contributed by atoms with E-state index in [0.717, 1.165) is 27.3 Å². The zero-order valence-electron chi connectivity index (χ0n) is 13.6. The Morgan fingerprint density at radius 3 is 2.35 bits per heavy atom. The monoisotopic (exact) mass is 316 g/mol. The minimum absolute atomic E-state index is 0.202. The van der Waals surface area contributed by atoms with E-state index in [2.05, 4.69) is 0 Å². The minimum atomic E-state index is -0.926. The predicted octanol–water partition coefficient (Wildman–Crippen LogP) is 2.08. The van der Waals surface area contributed by atoms with Crippen molar-refractivity contribution >= 4 is 23.6 Å². The lowest BCUT2D eigenvalue weighted by molar-refractivity contribution is -0.143. The number of hydrogen-bond donors (Lipinski definition) is 0. The van der Waals surface area contributed by atoms with Gasteiger partial charge in [-0.3, -0.25) is 19.3 Å². The average Bonchev–Trinajstić information content (AvgIpc) is 2.71. The normalized spacial score (nSPS) is 14.8. The Hall–Kier alpha value is -2.50. The second-order valence-corrected chi connectivity index (χ2v) is 5.73. The van der Waals surface area contributed by atoms with Gasteiger partial charge < -0.3 is 0 Å². The second kappa shape index (κ2) is 6.73. The average molecular weight is 316 g/mol. The molecule has 2 rings (SSSR count). The van der Waals surface area contributed by atoms with Crippen molar-refractivity contribution in [3.05, 3.63) is 34.9 Å². The maximum Gasteiger partial charge on any atom is 0.334 e. The molecule has 6 nitrogen and oxygen atoms in total. The lowest BCUT2D eigenvalue weighted by Gasteiger charge is -2.15. The molecule has 0 N–H and O–H groups in total. The fraction of sp³-hybridized carbons (Fsp3) is 0.412. The molecule has 1 fully saturated rings. The van der Waals surface area contributed by atoms with Crippen molar-refractivity contribution in [3.8, 4) is 0 Å². The van der Waals surface area contributed by atoms with Crippen LogP contribution in [0.1, 0.15) is 41.3 Å². The Morgan fingerprint density at radius 1 is 1.04 bits per heavy atom. The van der Waals surface area contributed by atoms with E-state index in [1.165, 1.54) is 0 Å². The highest BCUT2D eigenvalue weighted by Gasteiger charge is 2.44. The fourth-order valence-electron chi connectivity index (χ4n) is 2.47. The van der Waals surface area contributed by atoms with E-state index in [9.17, 15) is 19.2 Å². The Bertz CT molecular complexity index is 681. The van der Waals surface area contributed by atoms with Gasteiger partial charge in [-0.25, -0.2) is 9.69 Å². The maximum absolute atomic E-state index is 12.4. The van der Waals surface area contributed by atoms with Gasteiger partial charge in [0.2, 0.25) is 0 Å². The van der Waals surface area contributed by atoms with E-state index in [0.29, 0.717) is 12.0 Å². The van der Waals surface area contributed by atoms with Crippen molar-refractivity contribution in [3.63, 3.8) is 0 Å². The second-order valence-electron chi connectivity index (χ2n) is 5.73. The largest absolute Gasteiger partial charge is 0.334 e. The van der Waals surface area contributed by atoms with Gasteiger partial charge in [-0.15, -0.1) is 0 Å². The SMILES string of the molecule is CCCCN1C(=O)C(=O)N(CC(=O)c2cc(C)ccc2C)C1=O. The van der Waals surface area contributed by atoms with Crippen LogP contribution in [0.3, 0.4) is 0 Å². The highest BCUT2D eigenvalue weighted by molar-refractivity contribution is 6.45. The number of amides is 4. The van der Waals surface area contributed by atoms with Crippen LogP contribution in [0.4, 0.5) is 4.79 Å². The summed E-state index contributed by atoms with van der Waals surface area (Å²) in [5.74, 6) is -2.12. The Kier molecular flexibility index (Phi) is 4.93. The van der Waals surface area contributed by atoms with E-state index >= 15 is 0 Å². The molecule has 0 aromatic heterocycles. The summed E-state index contributed by atoms with van der Waals surface area (Å²) in [6.07, 6.45) is 1.43. The van der Waals surface area contributed by atoms with Crippen LogP contribution in [0.5, 0.6) is 0 Å². The number of aryl methyl sites for hydroxylation is 2. The quantitative estimate of drug-likeness (QED) is 0.457. The molecule has 0 radical (unpaired) electrons. The molecule has 1 aromatic rings. The highest BCUT2D eigenvalue weighted by atomic mass is 16.2. The number of rotatable bonds is 6. The van der Waals surface area contributed by atoms with E-state index in [1.807, 2.05) is 26.0 Å². The molecular formula is C17H20N2O4. The van der Waals surface area contributed by atoms with E-state index < -0.39 is 24.4 Å². The van der Waals surface area contributed by atoms with E-state index in [1.54, 1.807) is 13.0 Å². The van der Waals surface area contributed by atoms with Gasteiger partial charge in [0.1, 0.15) is 0 Å². The van der Waals surface area contributed by atoms with Crippen LogP contribution in [-0.4, -0.2) is 46.5 Å². The van der Waals surface area contributed by atoms with Crippen LogP contribution in [0.25, 0.3) is 0 Å². The lowest BCUT2D eigenvalue weighted by atomic mass is 10.0. The summed E-state index contributed by atoms with van der Waals surface area (Å²) in [6, 6.07) is 4.72. The summed E-state index contributed by atoms with van der Waals surface area (Å²) in [5.41, 5.74) is 2.15. The van der Waals surface area contributed by atoms with Crippen LogP contribution in [0.15, 0.2) is 18.2 Å². The van der Waals surface area contributed by atoms with Crippen molar-refractivity contribution in [2.75, 3.05) is 13.1 Å². The van der Waals surface area contributed by atoms with Crippen LogP contribution in [0, 0.1) is 13.8 Å². The number of carbonyl (C=O) groups is 4. The zero-order chi connectivity index (χ0) is 17.1. The molecule has 1 aromatic carbocycles. The number of benzene rings is 1. The lowest BCUT2D eigenvalue weighted by Crippen LogP contribution is -2.37. The molecule has 122 valence electrons. The maximum atomic E-state index is 12.4. The Balaban J connectivity index is 2.17. The van der Waals surface area contributed by atoms with Crippen LogP contribution < -0.4 is 0 Å². The van der Waals surface area contributed by atoms with Crippen molar-refractivity contribution in [1.82, 2.24) is 9.80 Å². The first-order chi connectivity index (χ1) is 10.9. The number of unbranched alkanes of at least 4 members (excludes halogenated alkanes) is 1. The predicted molar refractivity (Wildman–Crippen MR) is 84.0 cm³/mol. The van der Waals surface area contributed by atoms with Crippen molar-refractivity contribution in [1.29, 1.82) is 0 Å². The van der Waals surface area contributed by atoms with E-state index in [4.69, 9.17) is 0 Å². The minimum Gasteiger partial charge on any atom is -0.292 e. The fourth-order valence-corrected chi connectivity index (χ4v) is 2.47. The number of urea groups is 1. The van der Waals surface area contributed by atoms with Gasteiger partial charge in [0, 0.05) is 12.1 Å². The van der Waals surface area contributed by atoms with Gasteiger partial charge in [-0.1, -0.05) is 31.0 Å². The van der Waals surface area contributed by atoms with Crippen molar-refractivity contribution in [2.45, 2.75) is 33.6 Å². The molecule has 0 spiro atoms. The zero-order valence-corrected chi connectivity index (χ0v) is 13.6. The standard InChI is InChI=1S/C17H20N2O4/c1-4-5-8-18-15(21)16(22)19(17(18)23)10-14(20)13-9-11(2)6-7-12(13)3/h6-7,9H,4-5,8,10H2,1-3H3. The van der Waals surface area contributed by atoms with E-state index in [-0.39, 0.29) is 12.3 Å². The van der Waals surface area contributed by atoms with Gasteiger partial charge in [0.05, 0.1) is 6.54 Å². The number of carbonyl (C=O) groups excluding carboxylic acids is 4. The molecule has 23 heavy (non-hydrogen) atoms. The molecule has 1 heterocycles. The summed E-state index contributed by atoms with van der Waals surface area (Å²) in [6.45, 7) is 5.37. The molecule has 6 heteroatoms. The first-order valence-electron chi connectivity index (χ1n) is 7.64. The molecule has 0 atom stereocenters. The number of imide groups is 2. The molecule has 0 bridgehead atoms. The third-order valence-electron chi connectivity index (χ3n) is 3.87. The van der Waals surface area contributed by atoms with Gasteiger partial charge in [0.25, 0.3) is 0 Å². The summed E-state index contributed by atoms with van der Waals surface area (Å²) in [7, 11) is 0. The van der Waals surface area contributed by atoms with Crippen LogP contribution >= 0.6 is 0 Å². The smallest absolute Gasteiger partial charge is 0.292 e. The van der Waals surface area contributed by atoms with Crippen LogP contribution in [-0.2, 0) is 9.59 Å². The first-order valence-corrected chi connectivity index (χ1v) is 7.64. The number of Topliss-reactive ketones (excluding diaryl/α,β-unsaturated/α-hetero) is 1. The van der Waals surface area contributed by atoms with Crippen molar-refractivity contribution in [2.24, 2.45) is 0 Å². The van der Waals surface area contributed by atoms with Crippen LogP contribution in [0.2, 0.25) is 0 Å². The molecule has 0 aliphatic carbocycles. The molecule has 1 aliphatic rings. The molecule has 4 amide bonds. The highest BCUT2D eigenvalue weighted by Crippen LogP contribution is 2.16. The summed E-state index contributed by atoms with van der Waals surface area (Å²) < 4.78 is 0. The topological polar surface area (TPSA) is 74.8 Å². The molecule has 1 saturated heterocycles. The Morgan fingerprint density at radius 2 is 1.70 bits per heavy atom. The Labute approximate surface area is 135 Å². The summed E-state index contributed by atoms with van der Waals surface area (Å²) >= 11 is 0. The molecule has 0 saturated carbocycles. The summed E-state index contributed by atoms with van der Waals surface area (Å²) in [5, 5.41) is 0. The summed E-state index contributed by atoms with van der Waals surface area (Å²) in [4.78, 5) is 50.1. The molecular weight excluding hydrogens is 296 g/mol. The van der Waals surface area contributed by atoms with Gasteiger partial charge in [-0.05, 0) is 31.9 Å². The van der Waals surface area contributed by atoms with Gasteiger partial charge in [-0.2, -0.15) is 0 Å². The first kappa shape index (κ1) is 16.9. The van der Waals surface area contributed by atoms with Crippen molar-refractivity contribution < 1.29 is 19.2 Å². The molecule has 0 unspecified atom stereocenters. The third kappa shape index (κ3) is 3.31. The number of hydrogen-bond acceptors (Lipinski definition) is 4. The van der Waals surface area contributed by atoms with Gasteiger partial charge in [0.15, 0.2) is 5.78 Å².